The van der Waals surface area contributed by atoms with Crippen molar-refractivity contribution in [1.82, 2.24) is 4.90 Å². The molecule has 2 rings (SSSR count). The van der Waals surface area contributed by atoms with Crippen LogP contribution in [-0.2, 0) is 14.4 Å². The average Bonchev–Trinajstić information content (AvgIpc) is 3.18. The number of Topliss-reactive ketones (excluding diaryl/α,β-unsaturated/α-hetero) is 1. The van der Waals surface area contributed by atoms with Gasteiger partial charge >= 0.3 is 5.97 Å². The molecule has 1 aliphatic carbocycles. The fraction of sp³-hybridized carbons (Fsp3) is 0.821. The van der Waals surface area contributed by atoms with Gasteiger partial charge in [0.25, 0.3) is 0 Å². The number of carboxylic acids is 1. The number of likely N-dealkylation sites (tertiary alicyclic amines) is 1. The SMILES string of the molecule is CC(CCCCCC(=O)N1CCCCC1)C(O)C=CC1CCC(=O)C1CCCCCCC(=O)O. The average molecular weight is 478 g/mol. The molecule has 6 nitrogen and oxygen atoms in total. The predicted octanol–water partition coefficient (Wildman–Crippen LogP) is 5.52. The van der Waals surface area contributed by atoms with E-state index in [1.807, 2.05) is 11.0 Å². The van der Waals surface area contributed by atoms with Crippen molar-refractivity contribution in [3.63, 3.8) is 0 Å². The Bertz CT molecular complexity index is 655. The molecule has 0 aromatic heterocycles. The van der Waals surface area contributed by atoms with Crippen LogP contribution in [0.1, 0.15) is 110 Å². The van der Waals surface area contributed by atoms with E-state index in [-0.39, 0.29) is 24.2 Å². The first-order chi connectivity index (χ1) is 16.4. The lowest BCUT2D eigenvalue weighted by atomic mass is 9.88. The number of hydrogen-bond acceptors (Lipinski definition) is 4. The molecule has 0 radical (unpaired) electrons. The number of nitrogens with zero attached hydrogens (tertiary/aromatic N) is 1. The van der Waals surface area contributed by atoms with E-state index < -0.39 is 12.1 Å². The summed E-state index contributed by atoms with van der Waals surface area (Å²) >= 11 is 0. The summed E-state index contributed by atoms with van der Waals surface area (Å²) in [5, 5.41) is 19.3. The van der Waals surface area contributed by atoms with E-state index in [0.29, 0.717) is 31.0 Å². The molecular weight excluding hydrogens is 430 g/mol. The minimum absolute atomic E-state index is 0.0515. The van der Waals surface area contributed by atoms with Gasteiger partial charge in [0.05, 0.1) is 6.10 Å². The fourth-order valence-electron chi connectivity index (χ4n) is 5.37. The highest BCUT2D eigenvalue weighted by molar-refractivity contribution is 5.83. The molecule has 1 aliphatic heterocycles. The van der Waals surface area contributed by atoms with Crippen molar-refractivity contribution < 1.29 is 24.6 Å². The summed E-state index contributed by atoms with van der Waals surface area (Å²) in [6, 6.07) is 0. The van der Waals surface area contributed by atoms with Gasteiger partial charge in [0.15, 0.2) is 0 Å². The van der Waals surface area contributed by atoms with E-state index in [1.165, 1.54) is 6.42 Å². The van der Waals surface area contributed by atoms with E-state index >= 15 is 0 Å². The third-order valence-electron chi connectivity index (χ3n) is 7.71. The maximum atomic E-state index is 12.3. The van der Waals surface area contributed by atoms with Gasteiger partial charge in [0, 0.05) is 38.3 Å². The summed E-state index contributed by atoms with van der Waals surface area (Å²) in [6.07, 6.45) is 17.6. The number of aliphatic hydroxyl groups excluding tert-OH is 1. The van der Waals surface area contributed by atoms with Crippen molar-refractivity contribution in [3.8, 4) is 0 Å². The summed E-state index contributed by atoms with van der Waals surface area (Å²) in [5.41, 5.74) is 0. The number of carbonyl (C=O) groups is 3. The first kappa shape index (κ1) is 28.5. The van der Waals surface area contributed by atoms with Gasteiger partial charge in [0.2, 0.25) is 5.91 Å². The van der Waals surface area contributed by atoms with Crippen LogP contribution in [0.5, 0.6) is 0 Å². The van der Waals surface area contributed by atoms with Gasteiger partial charge in [-0.25, -0.2) is 0 Å². The van der Waals surface area contributed by atoms with Crippen LogP contribution in [0.4, 0.5) is 0 Å². The number of hydrogen-bond donors (Lipinski definition) is 2. The molecule has 1 heterocycles. The quantitative estimate of drug-likeness (QED) is 0.225. The highest BCUT2D eigenvalue weighted by Crippen LogP contribution is 2.34. The Morgan fingerprint density at radius 3 is 2.41 bits per heavy atom. The second-order valence-electron chi connectivity index (χ2n) is 10.5. The molecule has 1 saturated carbocycles. The molecule has 4 atom stereocenters. The van der Waals surface area contributed by atoms with Crippen LogP contribution < -0.4 is 0 Å². The third-order valence-corrected chi connectivity index (χ3v) is 7.71. The molecule has 1 amide bonds. The second kappa shape index (κ2) is 16.1. The molecule has 2 fully saturated rings. The maximum absolute atomic E-state index is 12.3. The van der Waals surface area contributed by atoms with Crippen LogP contribution in [0.15, 0.2) is 12.2 Å². The Hall–Kier alpha value is -1.69. The molecule has 2 N–H and O–H groups in total. The monoisotopic (exact) mass is 477 g/mol. The first-order valence-corrected chi connectivity index (χ1v) is 13.8. The topological polar surface area (TPSA) is 94.9 Å². The van der Waals surface area contributed by atoms with E-state index in [4.69, 9.17) is 5.11 Å². The highest BCUT2D eigenvalue weighted by Gasteiger charge is 2.32. The van der Waals surface area contributed by atoms with Crippen molar-refractivity contribution in [2.24, 2.45) is 17.8 Å². The number of rotatable bonds is 16. The third kappa shape index (κ3) is 10.7. The normalized spacial score (nSPS) is 22.9. The second-order valence-corrected chi connectivity index (χ2v) is 10.5. The molecule has 0 aromatic rings. The first-order valence-electron chi connectivity index (χ1n) is 13.8. The fourth-order valence-corrected chi connectivity index (χ4v) is 5.37. The number of aliphatic hydroxyl groups is 1. The van der Waals surface area contributed by atoms with Crippen molar-refractivity contribution in [1.29, 1.82) is 0 Å². The van der Waals surface area contributed by atoms with Gasteiger partial charge in [-0.1, -0.05) is 51.2 Å². The lowest BCUT2D eigenvalue weighted by molar-refractivity contribution is -0.137. The molecule has 2 aliphatic rings. The van der Waals surface area contributed by atoms with Crippen LogP contribution >= 0.6 is 0 Å². The molecule has 0 spiro atoms. The van der Waals surface area contributed by atoms with Crippen LogP contribution in [0.3, 0.4) is 0 Å². The zero-order chi connectivity index (χ0) is 24.8. The van der Waals surface area contributed by atoms with E-state index in [0.717, 1.165) is 83.7 Å². The van der Waals surface area contributed by atoms with Crippen molar-refractivity contribution in [3.05, 3.63) is 12.2 Å². The molecular formula is C28H47NO5. The number of amides is 1. The molecule has 0 aromatic carbocycles. The number of ketones is 1. The van der Waals surface area contributed by atoms with Gasteiger partial charge in [0.1, 0.15) is 5.78 Å². The number of piperidine rings is 1. The predicted molar refractivity (Wildman–Crippen MR) is 134 cm³/mol. The van der Waals surface area contributed by atoms with Crippen molar-refractivity contribution in [2.45, 2.75) is 116 Å². The van der Waals surface area contributed by atoms with Crippen LogP contribution in [0.25, 0.3) is 0 Å². The van der Waals surface area contributed by atoms with Gasteiger partial charge in [-0.3, -0.25) is 14.4 Å². The van der Waals surface area contributed by atoms with Crippen LogP contribution in [0.2, 0.25) is 0 Å². The molecule has 1 saturated heterocycles. The summed E-state index contributed by atoms with van der Waals surface area (Å²) < 4.78 is 0. The lowest BCUT2D eigenvalue weighted by Gasteiger charge is -2.26. The van der Waals surface area contributed by atoms with E-state index in [1.54, 1.807) is 0 Å². The Balaban J connectivity index is 1.60. The van der Waals surface area contributed by atoms with Crippen molar-refractivity contribution >= 4 is 17.7 Å². The highest BCUT2D eigenvalue weighted by atomic mass is 16.4. The van der Waals surface area contributed by atoms with Gasteiger partial charge in [-0.15, -0.1) is 0 Å². The standard InChI is InChI=1S/C28H47NO5/c1-22(12-6-4-8-14-27(32)29-20-10-5-11-21-29)25(30)18-16-23-17-19-26(31)24(23)13-7-2-3-9-15-28(33)34/h16,18,22-25,30H,2-15,17,19-21H2,1H3,(H,33,34). The Morgan fingerprint density at radius 1 is 1.00 bits per heavy atom. The Labute approximate surface area is 206 Å². The zero-order valence-corrected chi connectivity index (χ0v) is 21.3. The smallest absolute Gasteiger partial charge is 0.303 e. The largest absolute Gasteiger partial charge is 0.481 e. The maximum Gasteiger partial charge on any atom is 0.303 e. The summed E-state index contributed by atoms with van der Waals surface area (Å²) in [5.74, 6) is 0.328. The van der Waals surface area contributed by atoms with Gasteiger partial charge in [-0.05, 0) is 63.2 Å². The van der Waals surface area contributed by atoms with Gasteiger partial charge in [-0.2, -0.15) is 0 Å². The number of carbonyl (C=O) groups excluding carboxylic acids is 2. The Morgan fingerprint density at radius 2 is 1.68 bits per heavy atom. The molecule has 6 heteroatoms. The molecule has 194 valence electrons. The minimum Gasteiger partial charge on any atom is -0.481 e. The summed E-state index contributed by atoms with van der Waals surface area (Å²) in [7, 11) is 0. The number of unbranched alkanes of at least 4 members (excludes halogenated alkanes) is 5. The molecule has 4 unspecified atom stereocenters. The van der Waals surface area contributed by atoms with Gasteiger partial charge < -0.3 is 15.1 Å². The van der Waals surface area contributed by atoms with E-state index in [2.05, 4.69) is 13.0 Å². The minimum atomic E-state index is -0.744. The summed E-state index contributed by atoms with van der Waals surface area (Å²) in [4.78, 5) is 37.2. The number of allylic oxidation sites excluding steroid dienone is 1. The number of carboxylic acid groups (broad SMARTS) is 1. The summed E-state index contributed by atoms with van der Waals surface area (Å²) in [6.45, 7) is 3.92. The van der Waals surface area contributed by atoms with Crippen LogP contribution in [-0.4, -0.2) is 52.0 Å². The van der Waals surface area contributed by atoms with E-state index in [9.17, 15) is 19.5 Å². The van der Waals surface area contributed by atoms with Crippen molar-refractivity contribution in [2.75, 3.05) is 13.1 Å². The lowest BCUT2D eigenvalue weighted by Crippen LogP contribution is -2.35. The zero-order valence-electron chi connectivity index (χ0n) is 21.3. The number of aliphatic carboxylic acids is 1. The molecule has 34 heavy (non-hydrogen) atoms. The van der Waals surface area contributed by atoms with Crippen LogP contribution in [0, 0.1) is 17.8 Å². The molecule has 0 bridgehead atoms. The Kier molecular flexibility index (Phi) is 13.5.